The molecule has 4 heteroatoms. The van der Waals surface area contributed by atoms with Crippen LogP contribution < -0.4 is 9.47 Å². The van der Waals surface area contributed by atoms with Gasteiger partial charge < -0.3 is 19.7 Å². The molecule has 0 amide bonds. The van der Waals surface area contributed by atoms with E-state index in [1.165, 1.54) is 12.8 Å². The number of para-hydroxylation sites is 2. The van der Waals surface area contributed by atoms with Gasteiger partial charge >= 0.3 is 0 Å². The van der Waals surface area contributed by atoms with Crippen LogP contribution in [0.15, 0.2) is 36.4 Å². The summed E-state index contributed by atoms with van der Waals surface area (Å²) in [6.07, 6.45) is 7.47. The smallest absolute Gasteiger partial charge is 0.230 e. The summed E-state index contributed by atoms with van der Waals surface area (Å²) in [7, 11) is 0. The summed E-state index contributed by atoms with van der Waals surface area (Å²) in [5, 5.41) is 24.3. The monoisotopic (exact) mass is 530 g/mol. The third kappa shape index (κ3) is 3.08. The van der Waals surface area contributed by atoms with Gasteiger partial charge in [-0.25, -0.2) is 0 Å². The van der Waals surface area contributed by atoms with Gasteiger partial charge in [0.2, 0.25) is 6.79 Å². The molecule has 0 aromatic heterocycles. The van der Waals surface area contributed by atoms with E-state index in [1.807, 2.05) is 0 Å². The van der Waals surface area contributed by atoms with Crippen molar-refractivity contribution >= 4 is 0 Å². The summed E-state index contributed by atoms with van der Waals surface area (Å²) in [6.45, 7) is 14.1. The SMILES string of the molecule is CC1(C)C2CCC1(C)[C@@](O)(Cc1cccc3c1OCOc1c(C[C@@]4(O)CC5CCC4(C)C5(C)C)cccc1-3)C2. The lowest BCUT2D eigenvalue weighted by molar-refractivity contribution is -0.0889. The van der Waals surface area contributed by atoms with Gasteiger partial charge in [0.1, 0.15) is 11.5 Å². The molecule has 210 valence electrons. The Morgan fingerprint density at radius 2 is 1.08 bits per heavy atom. The summed E-state index contributed by atoms with van der Waals surface area (Å²) < 4.78 is 12.7. The topological polar surface area (TPSA) is 58.9 Å². The van der Waals surface area contributed by atoms with Crippen LogP contribution in [0.1, 0.15) is 91.2 Å². The highest BCUT2D eigenvalue weighted by molar-refractivity contribution is 5.79. The minimum absolute atomic E-state index is 0.111. The minimum Gasteiger partial charge on any atom is -0.457 e. The van der Waals surface area contributed by atoms with Crippen LogP contribution in [0.4, 0.5) is 0 Å². The highest BCUT2D eigenvalue weighted by Gasteiger charge is 2.69. The number of fused-ring (bicyclic) bond motifs is 7. The molecule has 4 bridgehead atoms. The van der Waals surface area contributed by atoms with E-state index < -0.39 is 11.2 Å². The van der Waals surface area contributed by atoms with E-state index in [9.17, 15) is 10.2 Å². The maximum absolute atomic E-state index is 12.1. The molecule has 0 radical (unpaired) electrons. The zero-order chi connectivity index (χ0) is 27.6. The molecule has 4 unspecified atom stereocenters. The Balaban J connectivity index is 1.25. The highest BCUT2D eigenvalue weighted by atomic mass is 16.7. The van der Waals surface area contributed by atoms with Crippen LogP contribution in [-0.2, 0) is 12.8 Å². The average Bonchev–Trinajstić information content (AvgIpc) is 3.26. The Hall–Kier alpha value is -2.04. The lowest BCUT2D eigenvalue weighted by Gasteiger charge is -2.45. The molecular formula is C35H46O4. The van der Waals surface area contributed by atoms with Crippen molar-refractivity contribution in [3.63, 3.8) is 0 Å². The molecule has 4 aliphatic carbocycles. The summed E-state index contributed by atoms with van der Waals surface area (Å²) >= 11 is 0. The van der Waals surface area contributed by atoms with Crippen LogP contribution >= 0.6 is 0 Å². The van der Waals surface area contributed by atoms with Crippen molar-refractivity contribution in [2.75, 3.05) is 6.79 Å². The van der Waals surface area contributed by atoms with Crippen LogP contribution in [-0.4, -0.2) is 28.2 Å². The van der Waals surface area contributed by atoms with Gasteiger partial charge in [0.25, 0.3) is 0 Å². The number of aliphatic hydroxyl groups is 2. The second-order valence-electron chi connectivity index (χ2n) is 15.4. The zero-order valence-corrected chi connectivity index (χ0v) is 24.7. The maximum atomic E-state index is 12.1. The Morgan fingerprint density at radius 1 is 0.667 bits per heavy atom. The van der Waals surface area contributed by atoms with E-state index in [1.54, 1.807) is 0 Å². The lowest BCUT2D eigenvalue weighted by atomic mass is 9.62. The largest absolute Gasteiger partial charge is 0.457 e. The van der Waals surface area contributed by atoms with Gasteiger partial charge in [-0.15, -0.1) is 0 Å². The van der Waals surface area contributed by atoms with Crippen LogP contribution in [0.5, 0.6) is 11.5 Å². The number of hydrogen-bond donors (Lipinski definition) is 2. The Labute approximate surface area is 234 Å². The van der Waals surface area contributed by atoms with Gasteiger partial charge in [-0.2, -0.15) is 0 Å². The molecule has 2 aromatic rings. The van der Waals surface area contributed by atoms with Gasteiger partial charge in [-0.3, -0.25) is 0 Å². The predicted octanol–water partition coefficient (Wildman–Crippen LogP) is 7.32. The number of ether oxygens (including phenoxy) is 2. The Morgan fingerprint density at radius 3 is 1.41 bits per heavy atom. The van der Waals surface area contributed by atoms with Gasteiger partial charge in [0.15, 0.2) is 0 Å². The van der Waals surface area contributed by atoms with Crippen LogP contribution in [0.2, 0.25) is 0 Å². The molecule has 39 heavy (non-hydrogen) atoms. The first-order chi connectivity index (χ1) is 18.3. The quantitative estimate of drug-likeness (QED) is 0.435. The fourth-order valence-electron chi connectivity index (χ4n) is 10.4. The third-order valence-corrected chi connectivity index (χ3v) is 13.9. The van der Waals surface area contributed by atoms with Crippen molar-refractivity contribution < 1.29 is 19.7 Å². The van der Waals surface area contributed by atoms with E-state index in [-0.39, 0.29) is 28.5 Å². The Kier molecular flexibility index (Phi) is 5.19. The van der Waals surface area contributed by atoms with Crippen LogP contribution in [0, 0.1) is 33.5 Å². The molecule has 1 aliphatic heterocycles. The van der Waals surface area contributed by atoms with Crippen molar-refractivity contribution in [3.8, 4) is 22.6 Å². The first-order valence-corrected chi connectivity index (χ1v) is 15.2. The van der Waals surface area contributed by atoms with Crippen molar-refractivity contribution in [1.82, 2.24) is 0 Å². The van der Waals surface area contributed by atoms with Gasteiger partial charge in [-0.05, 0) is 72.3 Å². The fraction of sp³-hybridized carbons (Fsp3) is 0.657. The highest BCUT2D eigenvalue weighted by Crippen LogP contribution is 2.71. The number of benzene rings is 2. The molecule has 4 fully saturated rings. The minimum atomic E-state index is -0.747. The molecule has 0 saturated heterocycles. The molecule has 5 aliphatic rings. The predicted molar refractivity (Wildman–Crippen MR) is 154 cm³/mol. The van der Waals surface area contributed by atoms with E-state index in [0.29, 0.717) is 24.7 Å². The third-order valence-electron chi connectivity index (χ3n) is 13.9. The molecule has 2 aromatic carbocycles. The van der Waals surface area contributed by atoms with E-state index in [0.717, 1.165) is 59.4 Å². The molecular weight excluding hydrogens is 484 g/mol. The standard InChI is InChI=1S/C35H46O4/c1-30(2)24-13-15-32(30,5)34(36,19-24)17-22-9-7-11-26-27-12-8-10-23(29(27)39-21-38-28(22)26)18-35(37)20-25-14-16-33(35,6)31(25,3)4/h7-12,24-25,36-37H,13-21H2,1-6H3/t24?,25?,32?,33?,34-,35-/m1/s1. The normalized spacial score (nSPS) is 40.5. The maximum Gasteiger partial charge on any atom is 0.230 e. The zero-order valence-electron chi connectivity index (χ0n) is 24.7. The molecule has 2 N–H and O–H groups in total. The molecule has 1 heterocycles. The van der Waals surface area contributed by atoms with Gasteiger partial charge in [-0.1, -0.05) is 77.9 Å². The molecule has 7 rings (SSSR count). The number of hydrogen-bond acceptors (Lipinski definition) is 4. The van der Waals surface area contributed by atoms with Gasteiger partial charge in [0, 0.05) is 34.8 Å². The van der Waals surface area contributed by atoms with Crippen molar-refractivity contribution in [3.05, 3.63) is 47.5 Å². The second kappa shape index (κ2) is 7.82. The first-order valence-electron chi connectivity index (χ1n) is 15.2. The van der Waals surface area contributed by atoms with Gasteiger partial charge in [0.05, 0.1) is 11.2 Å². The van der Waals surface area contributed by atoms with Crippen LogP contribution in [0.25, 0.3) is 11.1 Å². The average molecular weight is 531 g/mol. The van der Waals surface area contributed by atoms with Crippen LogP contribution in [0.3, 0.4) is 0 Å². The molecule has 4 saturated carbocycles. The molecule has 4 nitrogen and oxygen atoms in total. The fourth-order valence-corrected chi connectivity index (χ4v) is 10.4. The summed E-state index contributed by atoms with van der Waals surface area (Å²) in [5.41, 5.74) is 2.69. The lowest BCUT2D eigenvalue weighted by Crippen LogP contribution is -2.48. The van der Waals surface area contributed by atoms with E-state index in [4.69, 9.17) is 9.47 Å². The van der Waals surface area contributed by atoms with E-state index in [2.05, 4.69) is 77.9 Å². The Bertz CT molecular complexity index is 1240. The second-order valence-corrected chi connectivity index (χ2v) is 15.4. The first kappa shape index (κ1) is 25.9. The summed E-state index contributed by atoms with van der Waals surface area (Å²) in [4.78, 5) is 0. The number of rotatable bonds is 4. The van der Waals surface area contributed by atoms with E-state index >= 15 is 0 Å². The van der Waals surface area contributed by atoms with Crippen molar-refractivity contribution in [2.45, 2.75) is 104 Å². The van der Waals surface area contributed by atoms with Crippen molar-refractivity contribution in [2.24, 2.45) is 33.5 Å². The summed E-state index contributed by atoms with van der Waals surface area (Å²) in [6, 6.07) is 12.7. The molecule has 0 spiro atoms. The van der Waals surface area contributed by atoms with Crippen molar-refractivity contribution in [1.29, 1.82) is 0 Å². The summed E-state index contributed by atoms with van der Waals surface area (Å²) in [5.74, 6) is 2.78. The molecule has 6 atom stereocenters.